The van der Waals surface area contributed by atoms with Gasteiger partial charge in [0.2, 0.25) is 0 Å². The molecule has 25 heavy (non-hydrogen) atoms. The maximum Gasteiger partial charge on any atom is 0.288 e. The first-order valence-electron chi connectivity index (χ1n) is 7.69. The van der Waals surface area contributed by atoms with Gasteiger partial charge in [-0.15, -0.1) is 0 Å². The zero-order chi connectivity index (χ0) is 18.0. The van der Waals surface area contributed by atoms with Crippen LogP contribution in [0.3, 0.4) is 0 Å². The lowest BCUT2D eigenvalue weighted by atomic mass is 10.0. The van der Waals surface area contributed by atoms with Gasteiger partial charge in [0.25, 0.3) is 11.6 Å². The van der Waals surface area contributed by atoms with E-state index in [0.717, 1.165) is 16.3 Å². The number of benzene rings is 3. The average molecular weight is 355 g/mol. The zero-order valence-corrected chi connectivity index (χ0v) is 14.2. The Hall–Kier alpha value is -2.92. The van der Waals surface area contributed by atoms with Crippen molar-refractivity contribution in [3.63, 3.8) is 0 Å². The van der Waals surface area contributed by atoms with Gasteiger partial charge < -0.3 is 5.32 Å². The second-order valence-corrected chi connectivity index (χ2v) is 6.13. The highest BCUT2D eigenvalue weighted by atomic mass is 35.5. The molecule has 0 unspecified atom stereocenters. The highest BCUT2D eigenvalue weighted by Gasteiger charge is 2.18. The van der Waals surface area contributed by atoms with Gasteiger partial charge in [0.1, 0.15) is 5.02 Å². The Balaban J connectivity index is 1.82. The molecule has 0 aliphatic carbocycles. The minimum absolute atomic E-state index is 0.00382. The van der Waals surface area contributed by atoms with Crippen molar-refractivity contribution in [2.75, 3.05) is 0 Å². The fraction of sp³-hybridized carbons (Fsp3) is 0.105. The molecular formula is C19H15ClN2O3. The first-order chi connectivity index (χ1) is 12.0. The summed E-state index contributed by atoms with van der Waals surface area (Å²) in [4.78, 5) is 22.8. The minimum Gasteiger partial charge on any atom is -0.346 e. The third-order valence-electron chi connectivity index (χ3n) is 4.03. The smallest absolute Gasteiger partial charge is 0.288 e. The normalized spacial score (nSPS) is 11.9. The van der Waals surface area contributed by atoms with Crippen LogP contribution in [0.4, 0.5) is 5.69 Å². The molecule has 3 rings (SSSR count). The van der Waals surface area contributed by atoms with Crippen LogP contribution in [0.5, 0.6) is 0 Å². The fourth-order valence-electron chi connectivity index (χ4n) is 2.63. The Morgan fingerprint density at radius 3 is 2.52 bits per heavy atom. The first-order valence-corrected chi connectivity index (χ1v) is 8.07. The van der Waals surface area contributed by atoms with E-state index in [1.807, 2.05) is 49.4 Å². The van der Waals surface area contributed by atoms with Crippen LogP contribution in [0.1, 0.15) is 28.9 Å². The van der Waals surface area contributed by atoms with Gasteiger partial charge >= 0.3 is 0 Å². The van der Waals surface area contributed by atoms with E-state index in [0.29, 0.717) is 0 Å². The maximum atomic E-state index is 12.4. The van der Waals surface area contributed by atoms with E-state index in [2.05, 4.69) is 5.32 Å². The summed E-state index contributed by atoms with van der Waals surface area (Å²) in [6.45, 7) is 1.87. The molecule has 0 radical (unpaired) electrons. The van der Waals surface area contributed by atoms with E-state index < -0.39 is 4.92 Å². The number of amides is 1. The van der Waals surface area contributed by atoms with Gasteiger partial charge in [-0.2, -0.15) is 0 Å². The summed E-state index contributed by atoms with van der Waals surface area (Å²) >= 11 is 5.78. The van der Waals surface area contributed by atoms with Crippen LogP contribution in [-0.2, 0) is 0 Å². The van der Waals surface area contributed by atoms with Gasteiger partial charge in [0.05, 0.1) is 11.0 Å². The van der Waals surface area contributed by atoms with E-state index in [1.54, 1.807) is 0 Å². The second-order valence-electron chi connectivity index (χ2n) is 5.73. The number of nitrogens with one attached hydrogen (secondary N) is 1. The van der Waals surface area contributed by atoms with Crippen molar-refractivity contribution in [3.05, 3.63) is 86.9 Å². The van der Waals surface area contributed by atoms with Gasteiger partial charge in [-0.25, -0.2) is 0 Å². The molecule has 5 nitrogen and oxygen atoms in total. The van der Waals surface area contributed by atoms with E-state index in [-0.39, 0.29) is 28.2 Å². The molecular weight excluding hydrogens is 340 g/mol. The number of hydrogen-bond acceptors (Lipinski definition) is 3. The summed E-state index contributed by atoms with van der Waals surface area (Å²) in [5.41, 5.74) is 0.868. The minimum atomic E-state index is -0.605. The Bertz CT molecular complexity index is 972. The molecule has 0 saturated heterocycles. The molecule has 0 spiro atoms. The fourth-order valence-corrected chi connectivity index (χ4v) is 2.82. The highest BCUT2D eigenvalue weighted by molar-refractivity contribution is 6.32. The van der Waals surface area contributed by atoms with Crippen molar-refractivity contribution in [2.45, 2.75) is 13.0 Å². The van der Waals surface area contributed by atoms with Crippen LogP contribution in [0.15, 0.2) is 60.7 Å². The quantitative estimate of drug-likeness (QED) is 0.535. The molecule has 0 aliphatic heterocycles. The summed E-state index contributed by atoms with van der Waals surface area (Å²) < 4.78 is 0. The van der Waals surface area contributed by atoms with Crippen LogP contribution in [0.2, 0.25) is 5.02 Å². The molecule has 6 heteroatoms. The Morgan fingerprint density at radius 1 is 1.08 bits per heavy atom. The van der Waals surface area contributed by atoms with Crippen molar-refractivity contribution < 1.29 is 9.72 Å². The Labute approximate surface area is 149 Å². The lowest BCUT2D eigenvalue weighted by molar-refractivity contribution is -0.384. The molecule has 3 aromatic carbocycles. The van der Waals surface area contributed by atoms with E-state index in [1.165, 1.54) is 18.2 Å². The number of carbonyl (C=O) groups excluding carboxylic acids is 1. The van der Waals surface area contributed by atoms with Crippen LogP contribution < -0.4 is 5.32 Å². The number of nitro groups is 1. The summed E-state index contributed by atoms with van der Waals surface area (Å²) in [6.07, 6.45) is 0. The van der Waals surface area contributed by atoms with E-state index >= 15 is 0 Å². The SMILES string of the molecule is C[C@@H](NC(=O)c1ccc(Cl)c([N+](=O)[O-])c1)c1ccc2ccccc2c1. The van der Waals surface area contributed by atoms with Crippen molar-refractivity contribution in [1.82, 2.24) is 5.32 Å². The molecule has 1 atom stereocenters. The first kappa shape index (κ1) is 16.9. The van der Waals surface area contributed by atoms with Crippen LogP contribution in [0, 0.1) is 10.1 Å². The third kappa shape index (κ3) is 3.61. The zero-order valence-electron chi connectivity index (χ0n) is 13.4. The number of nitro benzene ring substituents is 1. The summed E-state index contributed by atoms with van der Waals surface area (Å²) in [5, 5.41) is 16.0. The summed E-state index contributed by atoms with van der Waals surface area (Å²) in [6, 6.07) is 17.7. The highest BCUT2D eigenvalue weighted by Crippen LogP contribution is 2.26. The molecule has 1 N–H and O–H groups in total. The third-order valence-corrected chi connectivity index (χ3v) is 4.35. The van der Waals surface area contributed by atoms with E-state index in [4.69, 9.17) is 11.6 Å². The standard InChI is InChI=1S/C19H15ClN2O3/c1-12(14-7-6-13-4-2-3-5-15(13)10-14)21-19(23)16-8-9-17(20)18(11-16)22(24)25/h2-12H,1H3,(H,21,23)/t12-/m1/s1. The van der Waals surface area contributed by atoms with Crippen molar-refractivity contribution in [3.8, 4) is 0 Å². The number of rotatable bonds is 4. The number of hydrogen-bond donors (Lipinski definition) is 1. The number of carbonyl (C=O) groups is 1. The number of fused-ring (bicyclic) bond motifs is 1. The lowest BCUT2D eigenvalue weighted by Crippen LogP contribution is -2.26. The van der Waals surface area contributed by atoms with Crippen LogP contribution in [0.25, 0.3) is 10.8 Å². The van der Waals surface area contributed by atoms with Crippen LogP contribution >= 0.6 is 11.6 Å². The molecule has 3 aromatic rings. The largest absolute Gasteiger partial charge is 0.346 e. The molecule has 0 heterocycles. The van der Waals surface area contributed by atoms with Crippen LogP contribution in [-0.4, -0.2) is 10.8 Å². The van der Waals surface area contributed by atoms with Crippen molar-refractivity contribution in [1.29, 1.82) is 0 Å². The van der Waals surface area contributed by atoms with Gasteiger partial charge in [-0.3, -0.25) is 14.9 Å². The molecule has 0 aromatic heterocycles. The summed E-state index contributed by atoms with van der Waals surface area (Å²) in [7, 11) is 0. The average Bonchev–Trinajstić information content (AvgIpc) is 2.61. The van der Waals surface area contributed by atoms with Crippen molar-refractivity contribution in [2.24, 2.45) is 0 Å². The molecule has 1 amide bonds. The van der Waals surface area contributed by atoms with Crippen molar-refractivity contribution >= 4 is 34.0 Å². The number of halogens is 1. The van der Waals surface area contributed by atoms with E-state index in [9.17, 15) is 14.9 Å². The summed E-state index contributed by atoms with van der Waals surface area (Å²) in [5.74, 6) is -0.388. The monoisotopic (exact) mass is 354 g/mol. The Morgan fingerprint density at radius 2 is 1.80 bits per heavy atom. The molecule has 0 bridgehead atoms. The molecule has 126 valence electrons. The van der Waals surface area contributed by atoms with Gasteiger partial charge in [-0.1, -0.05) is 48.0 Å². The lowest BCUT2D eigenvalue weighted by Gasteiger charge is -2.15. The predicted octanol–water partition coefficient (Wildman–Crippen LogP) is 4.89. The molecule has 0 aliphatic rings. The van der Waals surface area contributed by atoms with Gasteiger partial charge in [0, 0.05) is 11.6 Å². The molecule has 0 saturated carbocycles. The van der Waals surface area contributed by atoms with Gasteiger partial charge in [0.15, 0.2) is 0 Å². The maximum absolute atomic E-state index is 12.4. The number of nitrogens with zero attached hydrogens (tertiary/aromatic N) is 1. The van der Waals surface area contributed by atoms with Gasteiger partial charge in [-0.05, 0) is 41.5 Å². The Kier molecular flexibility index (Phi) is 4.67. The topological polar surface area (TPSA) is 72.2 Å². The predicted molar refractivity (Wildman–Crippen MR) is 97.9 cm³/mol. The molecule has 0 fully saturated rings. The second kappa shape index (κ2) is 6.91.